The lowest BCUT2D eigenvalue weighted by molar-refractivity contribution is -0.129. The van der Waals surface area contributed by atoms with Crippen LogP contribution < -0.4 is 0 Å². The lowest BCUT2D eigenvalue weighted by Crippen LogP contribution is -2.01. The Bertz CT molecular complexity index is 904. The van der Waals surface area contributed by atoms with E-state index in [4.69, 9.17) is 27.9 Å². The minimum atomic E-state index is -0.643. The third-order valence-electron chi connectivity index (χ3n) is 3.22. The molecule has 0 amide bonds. The molecule has 6 heteroatoms. The Hall–Kier alpha value is -2.43. The monoisotopic (exact) mass is 361 g/mol. The topological polar surface area (TPSA) is 38.7 Å². The third kappa shape index (κ3) is 3.55. The number of rotatable bonds is 3. The van der Waals surface area contributed by atoms with Crippen molar-refractivity contribution in [2.24, 2.45) is 4.99 Å². The van der Waals surface area contributed by atoms with Crippen molar-refractivity contribution in [1.29, 1.82) is 0 Å². The zero-order valence-electron chi connectivity index (χ0n) is 12.2. The van der Waals surface area contributed by atoms with Gasteiger partial charge in [-0.1, -0.05) is 53.5 Å². The van der Waals surface area contributed by atoms with Crippen LogP contribution in [-0.2, 0) is 9.53 Å². The molecule has 0 atom stereocenters. The van der Waals surface area contributed by atoms with Crippen LogP contribution in [0.3, 0.4) is 0 Å². The summed E-state index contributed by atoms with van der Waals surface area (Å²) in [5.41, 5.74) is 0.947. The molecule has 1 heterocycles. The normalized spacial score (nSPS) is 15.9. The summed E-state index contributed by atoms with van der Waals surface area (Å²) in [6, 6.07) is 11.3. The number of hydrogen-bond donors (Lipinski definition) is 0. The summed E-state index contributed by atoms with van der Waals surface area (Å²) >= 11 is 12.0. The van der Waals surface area contributed by atoms with E-state index in [1.165, 1.54) is 18.2 Å². The van der Waals surface area contributed by atoms with Gasteiger partial charge in [-0.25, -0.2) is 14.2 Å². The van der Waals surface area contributed by atoms with E-state index in [2.05, 4.69) is 4.99 Å². The number of carbonyl (C=O) groups excluding carboxylic acids is 1. The minimum Gasteiger partial charge on any atom is -0.403 e. The highest BCUT2D eigenvalue weighted by atomic mass is 35.5. The molecule has 0 fully saturated rings. The fourth-order valence-electron chi connectivity index (χ4n) is 2.05. The van der Waals surface area contributed by atoms with Crippen molar-refractivity contribution in [1.82, 2.24) is 0 Å². The molecule has 3 rings (SSSR count). The molecule has 0 N–H and O–H groups in total. The number of cyclic esters (lactones) is 1. The first-order chi connectivity index (χ1) is 11.5. The van der Waals surface area contributed by atoms with Gasteiger partial charge in [0.05, 0.1) is 10.0 Å². The van der Waals surface area contributed by atoms with Crippen LogP contribution in [0.25, 0.3) is 12.2 Å². The first-order valence-corrected chi connectivity index (χ1v) is 7.69. The fraction of sp³-hybridized carbons (Fsp3) is 0. The van der Waals surface area contributed by atoms with Gasteiger partial charge in [-0.15, -0.1) is 0 Å². The van der Waals surface area contributed by atoms with Gasteiger partial charge in [0.2, 0.25) is 5.90 Å². The number of benzene rings is 2. The van der Waals surface area contributed by atoms with E-state index in [-0.39, 0.29) is 17.2 Å². The molecule has 0 saturated carbocycles. The molecule has 0 unspecified atom stereocenters. The lowest BCUT2D eigenvalue weighted by atomic mass is 10.2. The zero-order valence-corrected chi connectivity index (χ0v) is 13.7. The summed E-state index contributed by atoms with van der Waals surface area (Å²) in [6.07, 6.45) is 4.47. The number of aliphatic imine (C=N–C) groups is 1. The number of ether oxygens (including phenoxy) is 1. The Balaban J connectivity index is 1.86. The highest BCUT2D eigenvalue weighted by Crippen LogP contribution is 2.26. The summed E-state index contributed by atoms with van der Waals surface area (Å²) in [5.74, 6) is -0.989. The molecular formula is C18H10Cl2FNO2. The van der Waals surface area contributed by atoms with E-state index >= 15 is 0 Å². The van der Waals surface area contributed by atoms with E-state index < -0.39 is 11.8 Å². The van der Waals surface area contributed by atoms with Crippen LogP contribution in [0.2, 0.25) is 10.0 Å². The molecule has 0 aromatic heterocycles. The second-order valence-electron chi connectivity index (χ2n) is 4.87. The molecule has 1 aliphatic heterocycles. The van der Waals surface area contributed by atoms with Crippen LogP contribution in [-0.4, -0.2) is 11.9 Å². The summed E-state index contributed by atoms with van der Waals surface area (Å²) < 4.78 is 18.7. The van der Waals surface area contributed by atoms with E-state index in [1.807, 2.05) is 0 Å². The predicted octanol–water partition coefficient (Wildman–Crippen LogP) is 5.14. The molecule has 24 heavy (non-hydrogen) atoms. The molecule has 2 aromatic carbocycles. The molecule has 0 spiro atoms. The van der Waals surface area contributed by atoms with Gasteiger partial charge in [0.15, 0.2) is 5.70 Å². The Kier molecular flexibility index (Phi) is 4.79. The van der Waals surface area contributed by atoms with Crippen LogP contribution in [0, 0.1) is 5.82 Å². The maximum atomic E-state index is 13.6. The molecule has 120 valence electrons. The van der Waals surface area contributed by atoms with Gasteiger partial charge in [0.25, 0.3) is 0 Å². The van der Waals surface area contributed by atoms with Crippen molar-refractivity contribution in [2.75, 3.05) is 0 Å². The van der Waals surface area contributed by atoms with Gasteiger partial charge in [-0.05, 0) is 29.8 Å². The Morgan fingerprint density at radius 1 is 1.00 bits per heavy atom. The van der Waals surface area contributed by atoms with Gasteiger partial charge in [-0.2, -0.15) is 0 Å². The van der Waals surface area contributed by atoms with Crippen LogP contribution in [0.1, 0.15) is 11.1 Å². The second-order valence-corrected chi connectivity index (χ2v) is 5.65. The average Bonchev–Trinajstić information content (AvgIpc) is 2.91. The van der Waals surface area contributed by atoms with Gasteiger partial charge >= 0.3 is 5.97 Å². The van der Waals surface area contributed by atoms with Gasteiger partial charge in [0, 0.05) is 11.6 Å². The molecule has 1 aliphatic rings. The van der Waals surface area contributed by atoms with Crippen LogP contribution >= 0.6 is 23.2 Å². The van der Waals surface area contributed by atoms with Gasteiger partial charge in [0.1, 0.15) is 5.82 Å². The maximum Gasteiger partial charge on any atom is 0.363 e. The van der Waals surface area contributed by atoms with Crippen molar-refractivity contribution < 1.29 is 13.9 Å². The van der Waals surface area contributed by atoms with Crippen LogP contribution in [0.5, 0.6) is 0 Å². The number of carbonyl (C=O) groups is 1. The predicted molar refractivity (Wildman–Crippen MR) is 93.4 cm³/mol. The van der Waals surface area contributed by atoms with Crippen LogP contribution in [0.4, 0.5) is 4.39 Å². The fourth-order valence-corrected chi connectivity index (χ4v) is 2.42. The summed E-state index contributed by atoms with van der Waals surface area (Å²) in [7, 11) is 0. The van der Waals surface area contributed by atoms with Crippen molar-refractivity contribution in [2.45, 2.75) is 0 Å². The van der Waals surface area contributed by atoms with Crippen LogP contribution in [0.15, 0.2) is 59.2 Å². The summed E-state index contributed by atoms with van der Waals surface area (Å²) in [5, 5.41) is 0.812. The molecule has 3 nitrogen and oxygen atoms in total. The number of nitrogens with zero attached hydrogens (tertiary/aromatic N) is 1. The number of halogens is 3. The first kappa shape index (κ1) is 16.4. The average molecular weight is 362 g/mol. The van der Waals surface area contributed by atoms with Gasteiger partial charge < -0.3 is 4.74 Å². The number of esters is 1. The quantitative estimate of drug-likeness (QED) is 0.560. The van der Waals surface area contributed by atoms with Crippen molar-refractivity contribution in [3.8, 4) is 0 Å². The Morgan fingerprint density at radius 3 is 2.54 bits per heavy atom. The van der Waals surface area contributed by atoms with Gasteiger partial charge in [-0.3, -0.25) is 0 Å². The highest BCUT2D eigenvalue weighted by Gasteiger charge is 2.21. The van der Waals surface area contributed by atoms with Crippen molar-refractivity contribution >= 4 is 47.2 Å². The summed E-state index contributed by atoms with van der Waals surface area (Å²) in [4.78, 5) is 15.9. The zero-order chi connectivity index (χ0) is 17.1. The minimum absolute atomic E-state index is 0.0249. The molecule has 0 aliphatic carbocycles. The standard InChI is InChI=1S/C18H10Cl2FNO2/c19-13-6-3-5-11(17(13)20)8-9-16-22-15(18(23)24-16)10-12-4-1-2-7-14(12)21/h1-10H. The molecular weight excluding hydrogens is 352 g/mol. The molecule has 0 bridgehead atoms. The molecule has 2 aromatic rings. The van der Waals surface area contributed by atoms with Crippen molar-refractivity contribution in [3.05, 3.63) is 81.2 Å². The van der Waals surface area contributed by atoms with E-state index in [0.717, 1.165) is 0 Å². The van der Waals surface area contributed by atoms with Crippen molar-refractivity contribution in [3.63, 3.8) is 0 Å². The maximum absolute atomic E-state index is 13.6. The Labute approximate surface area is 147 Å². The number of hydrogen-bond acceptors (Lipinski definition) is 3. The summed E-state index contributed by atoms with van der Waals surface area (Å²) in [6.45, 7) is 0. The smallest absolute Gasteiger partial charge is 0.363 e. The highest BCUT2D eigenvalue weighted by molar-refractivity contribution is 6.42. The SMILES string of the molecule is O=C1OC(C=Cc2cccc(Cl)c2Cl)=NC1=Cc1ccccc1F. The van der Waals surface area contributed by atoms with E-state index in [1.54, 1.807) is 42.5 Å². The Morgan fingerprint density at radius 2 is 1.75 bits per heavy atom. The largest absolute Gasteiger partial charge is 0.403 e. The van der Waals surface area contributed by atoms with E-state index in [9.17, 15) is 9.18 Å². The molecule has 0 saturated heterocycles. The third-order valence-corrected chi connectivity index (χ3v) is 4.05. The molecule has 0 radical (unpaired) electrons. The second kappa shape index (κ2) is 6.99. The first-order valence-electron chi connectivity index (χ1n) is 6.94. The van der Waals surface area contributed by atoms with E-state index in [0.29, 0.717) is 15.6 Å². The lowest BCUT2D eigenvalue weighted by Gasteiger charge is -1.99.